The molecular formula is C21H24ClN4O2+. The molecule has 0 radical (unpaired) electrons. The molecule has 1 fully saturated rings. The maximum atomic E-state index is 12.9. The highest BCUT2D eigenvalue weighted by Crippen LogP contribution is 2.23. The molecule has 2 aromatic heterocycles. The third-order valence-electron chi connectivity index (χ3n) is 5.09. The van der Waals surface area contributed by atoms with E-state index in [1.807, 2.05) is 18.2 Å². The zero-order valence-electron chi connectivity index (χ0n) is 15.7. The summed E-state index contributed by atoms with van der Waals surface area (Å²) in [6, 6.07) is 12.7. The predicted octanol–water partition coefficient (Wildman–Crippen LogP) is 2.58. The summed E-state index contributed by atoms with van der Waals surface area (Å²) in [4.78, 5) is 14.5. The molecule has 1 aliphatic heterocycles. The number of hydrogen-bond donors (Lipinski definition) is 2. The molecule has 28 heavy (non-hydrogen) atoms. The lowest BCUT2D eigenvalue weighted by atomic mass is 10.1. The summed E-state index contributed by atoms with van der Waals surface area (Å²) < 4.78 is 7.07. The number of hydrogen-bond acceptors (Lipinski definition) is 3. The number of amides is 1. The van der Waals surface area contributed by atoms with Crippen LogP contribution in [0.2, 0.25) is 5.02 Å². The fraction of sp³-hybridized carbons (Fsp3) is 0.333. The van der Waals surface area contributed by atoms with Crippen molar-refractivity contribution in [3.63, 3.8) is 0 Å². The van der Waals surface area contributed by atoms with E-state index >= 15 is 0 Å². The fourth-order valence-electron chi connectivity index (χ4n) is 3.64. The van der Waals surface area contributed by atoms with E-state index < -0.39 is 0 Å². The summed E-state index contributed by atoms with van der Waals surface area (Å²) in [5.74, 6) is 0.467. The van der Waals surface area contributed by atoms with Crippen molar-refractivity contribution in [2.75, 3.05) is 26.2 Å². The lowest BCUT2D eigenvalue weighted by Crippen LogP contribution is -3.13. The lowest BCUT2D eigenvalue weighted by Gasteiger charge is -2.23. The van der Waals surface area contributed by atoms with Gasteiger partial charge in [-0.25, -0.2) is 4.68 Å². The van der Waals surface area contributed by atoms with Crippen LogP contribution in [-0.4, -0.2) is 41.9 Å². The maximum Gasteiger partial charge on any atom is 0.270 e. The standard InChI is InChI=1S/C21H23ClN4O2/c22-16-6-4-7-17(14-16)26-19(15-18(24-26)20-8-5-13-28-20)21(27)23-9-12-25-10-2-1-3-11-25/h4-8,13-15H,1-3,9-12H2,(H,23,27)/p+1. The molecule has 146 valence electrons. The van der Waals surface area contributed by atoms with Crippen molar-refractivity contribution in [2.45, 2.75) is 19.3 Å². The average Bonchev–Trinajstić information content (AvgIpc) is 3.38. The van der Waals surface area contributed by atoms with Crippen LogP contribution < -0.4 is 10.2 Å². The monoisotopic (exact) mass is 399 g/mol. The van der Waals surface area contributed by atoms with Gasteiger partial charge in [-0.15, -0.1) is 0 Å². The highest BCUT2D eigenvalue weighted by atomic mass is 35.5. The molecule has 0 atom stereocenters. The number of rotatable bonds is 6. The minimum atomic E-state index is -0.151. The summed E-state index contributed by atoms with van der Waals surface area (Å²) in [5, 5.41) is 8.22. The summed E-state index contributed by atoms with van der Waals surface area (Å²) in [6.07, 6.45) is 5.47. The number of aromatic nitrogens is 2. The number of halogens is 1. The third kappa shape index (κ3) is 4.29. The molecule has 1 aliphatic rings. The maximum absolute atomic E-state index is 12.9. The van der Waals surface area contributed by atoms with Crippen LogP contribution >= 0.6 is 11.6 Å². The average molecular weight is 400 g/mol. The first kappa shape index (κ1) is 18.8. The van der Waals surface area contributed by atoms with E-state index in [1.165, 1.54) is 32.4 Å². The van der Waals surface area contributed by atoms with Gasteiger partial charge in [0.05, 0.1) is 38.1 Å². The molecule has 7 heteroatoms. The SMILES string of the molecule is O=C(NCC[NH+]1CCCCC1)c1cc(-c2ccco2)nn1-c1cccc(Cl)c1. The van der Waals surface area contributed by atoms with Gasteiger partial charge in [0.15, 0.2) is 5.76 Å². The first-order valence-corrected chi connectivity index (χ1v) is 10.1. The molecule has 3 heterocycles. The van der Waals surface area contributed by atoms with Crippen LogP contribution in [0.1, 0.15) is 29.8 Å². The van der Waals surface area contributed by atoms with Gasteiger partial charge in [-0.05, 0) is 49.6 Å². The number of likely N-dealkylation sites (tertiary alicyclic amines) is 1. The normalized spacial score (nSPS) is 14.9. The van der Waals surface area contributed by atoms with Crippen LogP contribution in [-0.2, 0) is 0 Å². The Labute approximate surface area is 169 Å². The second kappa shape index (κ2) is 8.63. The van der Waals surface area contributed by atoms with E-state index in [1.54, 1.807) is 40.1 Å². The van der Waals surface area contributed by atoms with E-state index in [0.717, 1.165) is 12.2 Å². The Morgan fingerprint density at radius 2 is 2.04 bits per heavy atom. The lowest BCUT2D eigenvalue weighted by molar-refractivity contribution is -0.903. The van der Waals surface area contributed by atoms with Crippen molar-refractivity contribution in [1.82, 2.24) is 15.1 Å². The molecule has 0 bridgehead atoms. The minimum Gasteiger partial charge on any atom is -0.463 e. The molecule has 1 amide bonds. The second-order valence-corrected chi connectivity index (χ2v) is 7.54. The number of benzene rings is 1. The van der Waals surface area contributed by atoms with Crippen LogP contribution in [0, 0.1) is 0 Å². The van der Waals surface area contributed by atoms with Gasteiger partial charge >= 0.3 is 0 Å². The van der Waals surface area contributed by atoms with Gasteiger partial charge in [-0.1, -0.05) is 17.7 Å². The van der Waals surface area contributed by atoms with Crippen LogP contribution in [0.3, 0.4) is 0 Å². The van der Waals surface area contributed by atoms with Crippen LogP contribution in [0.25, 0.3) is 17.1 Å². The Morgan fingerprint density at radius 1 is 1.18 bits per heavy atom. The van der Waals surface area contributed by atoms with E-state index in [-0.39, 0.29) is 5.91 Å². The molecule has 0 saturated carbocycles. The molecule has 3 aromatic rings. The Morgan fingerprint density at radius 3 is 2.79 bits per heavy atom. The van der Waals surface area contributed by atoms with Gasteiger partial charge < -0.3 is 14.6 Å². The van der Waals surface area contributed by atoms with Crippen LogP contribution in [0.5, 0.6) is 0 Å². The summed E-state index contributed by atoms with van der Waals surface area (Å²) in [5.41, 5.74) is 1.80. The van der Waals surface area contributed by atoms with Crippen LogP contribution in [0.4, 0.5) is 0 Å². The Kier molecular flexibility index (Phi) is 5.78. The number of furan rings is 1. The predicted molar refractivity (Wildman–Crippen MR) is 108 cm³/mol. The van der Waals surface area contributed by atoms with Crippen molar-refractivity contribution >= 4 is 17.5 Å². The first-order valence-electron chi connectivity index (χ1n) is 9.72. The molecule has 6 nitrogen and oxygen atoms in total. The highest BCUT2D eigenvalue weighted by Gasteiger charge is 2.20. The molecule has 0 spiro atoms. The van der Waals surface area contributed by atoms with E-state index in [2.05, 4.69) is 10.4 Å². The summed E-state index contributed by atoms with van der Waals surface area (Å²) in [6.45, 7) is 3.98. The summed E-state index contributed by atoms with van der Waals surface area (Å²) >= 11 is 6.14. The number of quaternary nitrogens is 1. The molecule has 0 aliphatic carbocycles. The topological polar surface area (TPSA) is 64.5 Å². The van der Waals surface area contributed by atoms with Gasteiger partial charge in [-0.2, -0.15) is 5.10 Å². The smallest absolute Gasteiger partial charge is 0.270 e. The van der Waals surface area contributed by atoms with Crippen molar-refractivity contribution in [3.05, 3.63) is 59.4 Å². The van der Waals surface area contributed by atoms with Gasteiger partial charge in [0.2, 0.25) is 0 Å². The third-order valence-corrected chi connectivity index (χ3v) is 5.33. The number of carbonyl (C=O) groups excluding carboxylic acids is 1. The fourth-order valence-corrected chi connectivity index (χ4v) is 3.82. The van der Waals surface area contributed by atoms with Crippen molar-refractivity contribution in [3.8, 4) is 17.1 Å². The minimum absolute atomic E-state index is 0.151. The van der Waals surface area contributed by atoms with Crippen molar-refractivity contribution < 1.29 is 14.1 Å². The number of carbonyl (C=O) groups is 1. The molecule has 2 N–H and O–H groups in total. The highest BCUT2D eigenvalue weighted by molar-refractivity contribution is 6.30. The van der Waals surface area contributed by atoms with Crippen molar-refractivity contribution in [2.24, 2.45) is 0 Å². The molecular weight excluding hydrogens is 376 g/mol. The van der Waals surface area contributed by atoms with E-state index in [9.17, 15) is 4.79 Å². The zero-order valence-corrected chi connectivity index (χ0v) is 16.4. The van der Waals surface area contributed by atoms with Gasteiger partial charge in [0, 0.05) is 11.1 Å². The number of nitrogens with one attached hydrogen (secondary N) is 2. The molecule has 1 saturated heterocycles. The first-order chi connectivity index (χ1) is 13.7. The largest absolute Gasteiger partial charge is 0.463 e. The Hall–Kier alpha value is -2.57. The summed E-state index contributed by atoms with van der Waals surface area (Å²) in [7, 11) is 0. The molecule has 4 rings (SSSR count). The number of piperidine rings is 1. The molecule has 0 unspecified atom stereocenters. The number of nitrogens with zero attached hydrogens (tertiary/aromatic N) is 2. The second-order valence-electron chi connectivity index (χ2n) is 7.10. The quantitative estimate of drug-likeness (QED) is 0.669. The van der Waals surface area contributed by atoms with Crippen LogP contribution in [0.15, 0.2) is 53.1 Å². The van der Waals surface area contributed by atoms with E-state index in [4.69, 9.17) is 16.0 Å². The Bertz CT molecular complexity index is 930. The Balaban J connectivity index is 1.54. The van der Waals surface area contributed by atoms with Crippen molar-refractivity contribution in [1.29, 1.82) is 0 Å². The van der Waals surface area contributed by atoms with E-state index in [0.29, 0.717) is 28.7 Å². The molecule has 1 aromatic carbocycles. The zero-order chi connectivity index (χ0) is 19.3. The van der Waals surface area contributed by atoms with Gasteiger partial charge in [0.25, 0.3) is 5.91 Å². The van der Waals surface area contributed by atoms with Gasteiger partial charge in [0.1, 0.15) is 11.4 Å². The van der Waals surface area contributed by atoms with Gasteiger partial charge in [-0.3, -0.25) is 4.79 Å².